The molecule has 1 aromatic carbocycles. The highest BCUT2D eigenvalue weighted by Crippen LogP contribution is 2.29. The molecule has 1 amide bonds. The third kappa shape index (κ3) is 3.28. The fourth-order valence-electron chi connectivity index (χ4n) is 3.20. The number of aromatic hydroxyl groups is 1. The van der Waals surface area contributed by atoms with E-state index >= 15 is 0 Å². The average Bonchev–Trinajstić information content (AvgIpc) is 2.31. The number of phenolic OH excluding ortho intramolecular Hbond substituents is 1. The Bertz CT molecular complexity index is 460. The lowest BCUT2D eigenvalue weighted by Gasteiger charge is -2.32. The van der Waals surface area contributed by atoms with Gasteiger partial charge in [-0.2, -0.15) is 0 Å². The molecule has 2 N–H and O–H groups in total. The van der Waals surface area contributed by atoms with Crippen molar-refractivity contribution in [1.29, 1.82) is 0 Å². The fourth-order valence-corrected chi connectivity index (χ4v) is 3.20. The van der Waals surface area contributed by atoms with E-state index in [-0.39, 0.29) is 17.7 Å². The third-order valence-corrected chi connectivity index (χ3v) is 4.06. The molecule has 3 heteroatoms. The van der Waals surface area contributed by atoms with E-state index < -0.39 is 0 Å². The molecule has 1 aromatic rings. The van der Waals surface area contributed by atoms with E-state index in [9.17, 15) is 9.90 Å². The lowest BCUT2D eigenvalue weighted by atomic mass is 9.80. The van der Waals surface area contributed by atoms with Gasteiger partial charge in [0, 0.05) is 17.2 Å². The Balaban J connectivity index is 2.06. The maximum Gasteiger partial charge on any atom is 0.251 e. The van der Waals surface area contributed by atoms with Crippen LogP contribution in [0.5, 0.6) is 5.75 Å². The zero-order valence-corrected chi connectivity index (χ0v) is 11.9. The van der Waals surface area contributed by atoms with Gasteiger partial charge < -0.3 is 10.4 Å². The second-order valence-electron chi connectivity index (χ2n) is 6.04. The summed E-state index contributed by atoms with van der Waals surface area (Å²) in [4.78, 5) is 12.3. The summed E-state index contributed by atoms with van der Waals surface area (Å²) in [6.07, 6.45) is 3.35. The van der Waals surface area contributed by atoms with Crippen molar-refractivity contribution in [1.82, 2.24) is 5.32 Å². The maximum atomic E-state index is 12.3. The van der Waals surface area contributed by atoms with E-state index in [1.807, 2.05) is 0 Å². The molecule has 3 nitrogen and oxygen atoms in total. The molecule has 2 rings (SSSR count). The van der Waals surface area contributed by atoms with Gasteiger partial charge in [0.15, 0.2) is 0 Å². The first kappa shape index (κ1) is 13.9. The quantitative estimate of drug-likeness (QED) is 0.858. The van der Waals surface area contributed by atoms with E-state index in [0.29, 0.717) is 23.0 Å². The summed E-state index contributed by atoms with van der Waals surface area (Å²) in [6, 6.07) is 5.34. The summed E-state index contributed by atoms with van der Waals surface area (Å²) < 4.78 is 0. The van der Waals surface area contributed by atoms with Crippen LogP contribution in [-0.4, -0.2) is 17.1 Å². The van der Waals surface area contributed by atoms with Gasteiger partial charge in [0.25, 0.3) is 5.91 Å². The van der Waals surface area contributed by atoms with Crippen LogP contribution >= 0.6 is 0 Å². The average molecular weight is 261 g/mol. The summed E-state index contributed by atoms with van der Waals surface area (Å²) in [7, 11) is 0. The van der Waals surface area contributed by atoms with Gasteiger partial charge in [-0.1, -0.05) is 19.9 Å². The largest absolute Gasteiger partial charge is 0.508 e. The molecule has 0 heterocycles. The van der Waals surface area contributed by atoms with Crippen molar-refractivity contribution >= 4 is 5.91 Å². The number of hydrogen-bond donors (Lipinski definition) is 2. The van der Waals surface area contributed by atoms with Crippen LogP contribution in [0.25, 0.3) is 0 Å². The first-order chi connectivity index (χ1) is 8.97. The Hall–Kier alpha value is -1.51. The van der Waals surface area contributed by atoms with Crippen LogP contribution < -0.4 is 5.32 Å². The minimum Gasteiger partial charge on any atom is -0.508 e. The lowest BCUT2D eigenvalue weighted by molar-refractivity contribution is 0.0910. The zero-order valence-electron chi connectivity index (χ0n) is 11.9. The van der Waals surface area contributed by atoms with Crippen LogP contribution in [0, 0.1) is 18.8 Å². The molecule has 0 aromatic heterocycles. The molecule has 2 unspecified atom stereocenters. The number of carbonyl (C=O) groups is 1. The second kappa shape index (κ2) is 5.64. The van der Waals surface area contributed by atoms with Crippen LogP contribution in [0.4, 0.5) is 0 Å². The second-order valence-corrected chi connectivity index (χ2v) is 6.04. The van der Waals surface area contributed by atoms with E-state index in [4.69, 9.17) is 0 Å². The van der Waals surface area contributed by atoms with Crippen LogP contribution in [0.3, 0.4) is 0 Å². The first-order valence-corrected chi connectivity index (χ1v) is 7.06. The van der Waals surface area contributed by atoms with Gasteiger partial charge >= 0.3 is 0 Å². The van der Waals surface area contributed by atoms with Crippen LogP contribution in [0.2, 0.25) is 0 Å². The molecule has 0 bridgehead atoms. The van der Waals surface area contributed by atoms with E-state index in [1.54, 1.807) is 25.1 Å². The highest BCUT2D eigenvalue weighted by molar-refractivity contribution is 5.96. The normalized spacial score (nSPS) is 27.0. The molecule has 2 atom stereocenters. The van der Waals surface area contributed by atoms with Crippen LogP contribution in [-0.2, 0) is 0 Å². The maximum absolute atomic E-state index is 12.3. The number of benzene rings is 1. The Morgan fingerprint density at radius 3 is 2.47 bits per heavy atom. The van der Waals surface area contributed by atoms with Crippen molar-refractivity contribution in [3.8, 4) is 5.75 Å². The number of nitrogens with one attached hydrogen (secondary N) is 1. The van der Waals surface area contributed by atoms with Gasteiger partial charge in [0.1, 0.15) is 5.75 Å². The summed E-state index contributed by atoms with van der Waals surface area (Å²) in [5.74, 6) is 1.44. The van der Waals surface area contributed by atoms with Gasteiger partial charge in [-0.25, -0.2) is 0 Å². The molecule has 1 aliphatic rings. The minimum absolute atomic E-state index is 0.0697. The SMILES string of the molecule is Cc1c(O)cccc1C(=O)NC1CC(C)CC(C)C1. The first-order valence-electron chi connectivity index (χ1n) is 7.06. The van der Waals surface area contributed by atoms with Gasteiger partial charge in [-0.05, 0) is 50.2 Å². The van der Waals surface area contributed by atoms with Gasteiger partial charge in [0.2, 0.25) is 0 Å². The van der Waals surface area contributed by atoms with Crippen molar-refractivity contribution in [3.63, 3.8) is 0 Å². The molecular formula is C16H23NO2. The van der Waals surface area contributed by atoms with Gasteiger partial charge in [0.05, 0.1) is 0 Å². The van der Waals surface area contributed by atoms with E-state index in [2.05, 4.69) is 19.2 Å². The molecule has 0 aliphatic heterocycles. The predicted octanol–water partition coefficient (Wildman–Crippen LogP) is 3.26. The highest BCUT2D eigenvalue weighted by atomic mass is 16.3. The number of hydrogen-bond acceptors (Lipinski definition) is 2. The molecule has 104 valence electrons. The molecule has 0 saturated heterocycles. The van der Waals surface area contributed by atoms with E-state index in [0.717, 1.165) is 12.8 Å². The molecular weight excluding hydrogens is 238 g/mol. The number of phenols is 1. The number of amides is 1. The van der Waals surface area contributed by atoms with Crippen molar-refractivity contribution in [2.24, 2.45) is 11.8 Å². The zero-order chi connectivity index (χ0) is 14.0. The predicted molar refractivity (Wildman–Crippen MR) is 76.3 cm³/mol. The highest BCUT2D eigenvalue weighted by Gasteiger charge is 2.25. The smallest absolute Gasteiger partial charge is 0.251 e. The third-order valence-electron chi connectivity index (χ3n) is 4.06. The van der Waals surface area contributed by atoms with E-state index in [1.165, 1.54) is 6.42 Å². The summed E-state index contributed by atoms with van der Waals surface area (Å²) in [5, 5.41) is 12.8. The minimum atomic E-state index is -0.0697. The monoisotopic (exact) mass is 261 g/mol. The fraction of sp³-hybridized carbons (Fsp3) is 0.562. The molecule has 1 aliphatic carbocycles. The Morgan fingerprint density at radius 2 is 1.84 bits per heavy atom. The van der Waals surface area contributed by atoms with Crippen molar-refractivity contribution < 1.29 is 9.90 Å². The lowest BCUT2D eigenvalue weighted by Crippen LogP contribution is -2.40. The number of rotatable bonds is 2. The van der Waals surface area contributed by atoms with Gasteiger partial charge in [-0.3, -0.25) is 4.79 Å². The Kier molecular flexibility index (Phi) is 4.13. The number of carbonyl (C=O) groups excluding carboxylic acids is 1. The van der Waals surface area contributed by atoms with Crippen LogP contribution in [0.15, 0.2) is 18.2 Å². The van der Waals surface area contributed by atoms with Crippen LogP contribution in [0.1, 0.15) is 49.0 Å². The molecule has 0 spiro atoms. The summed E-state index contributed by atoms with van der Waals surface area (Å²) >= 11 is 0. The molecule has 1 fully saturated rings. The summed E-state index contributed by atoms with van der Waals surface area (Å²) in [6.45, 7) is 6.26. The van der Waals surface area contributed by atoms with Crippen molar-refractivity contribution in [2.75, 3.05) is 0 Å². The molecule has 19 heavy (non-hydrogen) atoms. The molecule has 1 saturated carbocycles. The van der Waals surface area contributed by atoms with Gasteiger partial charge in [-0.15, -0.1) is 0 Å². The Labute approximate surface area is 115 Å². The summed E-state index contributed by atoms with van der Waals surface area (Å²) in [5.41, 5.74) is 1.22. The standard InChI is InChI=1S/C16H23NO2/c1-10-7-11(2)9-13(8-10)17-16(19)14-5-4-6-15(18)12(14)3/h4-6,10-11,13,18H,7-9H2,1-3H3,(H,17,19). The topological polar surface area (TPSA) is 49.3 Å². The molecule has 0 radical (unpaired) electrons. The van der Waals surface area contributed by atoms with Crippen molar-refractivity contribution in [3.05, 3.63) is 29.3 Å². The van der Waals surface area contributed by atoms with Crippen molar-refractivity contribution in [2.45, 2.75) is 46.1 Å². The Morgan fingerprint density at radius 1 is 1.21 bits per heavy atom.